The highest BCUT2D eigenvalue weighted by Gasteiger charge is 2.20. The van der Waals surface area contributed by atoms with Gasteiger partial charge in [-0.05, 0) is 38.6 Å². The van der Waals surface area contributed by atoms with Gasteiger partial charge in [-0.2, -0.15) is 0 Å². The van der Waals surface area contributed by atoms with Crippen molar-refractivity contribution in [2.75, 3.05) is 13.6 Å². The first kappa shape index (κ1) is 10.6. The topological polar surface area (TPSA) is 3.24 Å². The van der Waals surface area contributed by atoms with Crippen LogP contribution in [0, 0.1) is 18.3 Å². The van der Waals surface area contributed by atoms with Gasteiger partial charge in [-0.15, -0.1) is 12.3 Å². The Morgan fingerprint density at radius 2 is 1.92 bits per heavy atom. The van der Waals surface area contributed by atoms with Gasteiger partial charge in [0.15, 0.2) is 0 Å². The number of hydrogen-bond donors (Lipinski definition) is 0. The molecule has 0 atom stereocenters. The first-order chi connectivity index (χ1) is 6.24. The Bertz CT molecular complexity index is 172. The smallest absolute Gasteiger partial charge is 0.0214 e. The molecule has 0 spiro atoms. The highest BCUT2D eigenvalue weighted by molar-refractivity contribution is 4.86. The zero-order valence-corrected chi connectivity index (χ0v) is 8.92. The molecule has 0 N–H and O–H groups in total. The van der Waals surface area contributed by atoms with E-state index >= 15 is 0 Å². The molecular weight excluding hydrogens is 158 g/mol. The van der Waals surface area contributed by atoms with Crippen molar-refractivity contribution in [3.63, 3.8) is 0 Å². The van der Waals surface area contributed by atoms with Crippen LogP contribution >= 0.6 is 0 Å². The van der Waals surface area contributed by atoms with Gasteiger partial charge < -0.3 is 4.90 Å². The molecule has 0 radical (unpaired) electrons. The van der Waals surface area contributed by atoms with Crippen LogP contribution in [0.15, 0.2) is 0 Å². The van der Waals surface area contributed by atoms with E-state index in [-0.39, 0.29) is 0 Å². The van der Waals surface area contributed by atoms with E-state index in [4.69, 9.17) is 6.42 Å². The van der Waals surface area contributed by atoms with Crippen LogP contribution < -0.4 is 0 Å². The standard InChI is InChI=1S/C12H21N/c1-4-5-10-13(3)12-8-6-11(2)7-9-12/h1,11-12H,5-10H2,2-3H3. The lowest BCUT2D eigenvalue weighted by molar-refractivity contribution is 0.173. The van der Waals surface area contributed by atoms with E-state index in [1.165, 1.54) is 25.7 Å². The van der Waals surface area contributed by atoms with Gasteiger partial charge >= 0.3 is 0 Å². The molecule has 0 amide bonds. The molecule has 0 unspecified atom stereocenters. The molecular formula is C12H21N. The van der Waals surface area contributed by atoms with Crippen molar-refractivity contribution in [2.24, 2.45) is 5.92 Å². The molecule has 1 nitrogen and oxygen atoms in total. The zero-order chi connectivity index (χ0) is 9.68. The third kappa shape index (κ3) is 3.40. The number of nitrogens with zero attached hydrogens (tertiary/aromatic N) is 1. The lowest BCUT2D eigenvalue weighted by atomic mass is 9.87. The molecule has 1 rings (SSSR count). The lowest BCUT2D eigenvalue weighted by Crippen LogP contribution is -2.35. The fourth-order valence-electron chi connectivity index (χ4n) is 2.11. The minimum Gasteiger partial charge on any atom is -0.302 e. The fraction of sp³-hybridized carbons (Fsp3) is 0.833. The molecule has 1 aliphatic rings. The van der Waals surface area contributed by atoms with Gasteiger partial charge in [0.05, 0.1) is 0 Å². The van der Waals surface area contributed by atoms with Gasteiger partial charge in [0, 0.05) is 19.0 Å². The SMILES string of the molecule is C#CCCN(C)C1CCC(C)CC1. The molecule has 0 saturated heterocycles. The van der Waals surface area contributed by atoms with Crippen molar-refractivity contribution in [1.29, 1.82) is 0 Å². The van der Waals surface area contributed by atoms with Crippen LogP contribution in [0.5, 0.6) is 0 Å². The van der Waals surface area contributed by atoms with Gasteiger partial charge in [0.2, 0.25) is 0 Å². The largest absolute Gasteiger partial charge is 0.302 e. The lowest BCUT2D eigenvalue weighted by Gasteiger charge is -2.33. The molecule has 0 aliphatic heterocycles. The molecule has 0 bridgehead atoms. The van der Waals surface area contributed by atoms with E-state index in [2.05, 4.69) is 24.8 Å². The van der Waals surface area contributed by atoms with Gasteiger partial charge in [-0.3, -0.25) is 0 Å². The quantitative estimate of drug-likeness (QED) is 0.602. The van der Waals surface area contributed by atoms with Crippen LogP contribution in [0.4, 0.5) is 0 Å². The third-order valence-corrected chi connectivity index (χ3v) is 3.22. The van der Waals surface area contributed by atoms with Gasteiger partial charge in [-0.25, -0.2) is 0 Å². The summed E-state index contributed by atoms with van der Waals surface area (Å²) in [7, 11) is 2.21. The Labute approximate surface area is 82.5 Å². The van der Waals surface area contributed by atoms with Crippen LogP contribution in [-0.2, 0) is 0 Å². The predicted octanol–water partition coefficient (Wildman–Crippen LogP) is 2.52. The van der Waals surface area contributed by atoms with E-state index in [0.29, 0.717) is 0 Å². The summed E-state index contributed by atoms with van der Waals surface area (Å²) < 4.78 is 0. The highest BCUT2D eigenvalue weighted by Crippen LogP contribution is 2.26. The summed E-state index contributed by atoms with van der Waals surface area (Å²) in [4.78, 5) is 2.44. The molecule has 0 aromatic carbocycles. The Balaban J connectivity index is 2.24. The molecule has 13 heavy (non-hydrogen) atoms. The van der Waals surface area contributed by atoms with Crippen molar-refractivity contribution in [3.05, 3.63) is 0 Å². The molecule has 1 heteroatoms. The van der Waals surface area contributed by atoms with E-state index in [1.807, 2.05) is 0 Å². The summed E-state index contributed by atoms with van der Waals surface area (Å²) in [5, 5.41) is 0. The summed E-state index contributed by atoms with van der Waals surface area (Å²) >= 11 is 0. The number of hydrogen-bond acceptors (Lipinski definition) is 1. The van der Waals surface area contributed by atoms with Crippen LogP contribution in [0.1, 0.15) is 39.0 Å². The first-order valence-corrected chi connectivity index (χ1v) is 5.37. The van der Waals surface area contributed by atoms with E-state index in [0.717, 1.165) is 24.9 Å². The first-order valence-electron chi connectivity index (χ1n) is 5.37. The summed E-state index contributed by atoms with van der Waals surface area (Å²) in [6.45, 7) is 3.42. The Kier molecular flexibility index (Phi) is 4.32. The highest BCUT2D eigenvalue weighted by atomic mass is 15.1. The average Bonchev–Trinajstić information content (AvgIpc) is 2.15. The van der Waals surface area contributed by atoms with Crippen molar-refractivity contribution < 1.29 is 0 Å². The fourth-order valence-corrected chi connectivity index (χ4v) is 2.11. The van der Waals surface area contributed by atoms with Crippen molar-refractivity contribution in [3.8, 4) is 12.3 Å². The average molecular weight is 179 g/mol. The summed E-state index contributed by atoms with van der Waals surface area (Å²) in [6, 6.07) is 0.796. The summed E-state index contributed by atoms with van der Waals surface area (Å²) in [6.07, 6.45) is 11.7. The second-order valence-electron chi connectivity index (χ2n) is 4.35. The third-order valence-electron chi connectivity index (χ3n) is 3.22. The Morgan fingerprint density at radius 1 is 1.31 bits per heavy atom. The molecule has 1 saturated carbocycles. The molecule has 1 aliphatic carbocycles. The monoisotopic (exact) mass is 179 g/mol. The second-order valence-corrected chi connectivity index (χ2v) is 4.35. The minimum atomic E-state index is 0.796. The summed E-state index contributed by atoms with van der Waals surface area (Å²) in [5.41, 5.74) is 0. The van der Waals surface area contributed by atoms with Crippen molar-refractivity contribution in [1.82, 2.24) is 4.90 Å². The number of terminal acetylenes is 1. The minimum absolute atomic E-state index is 0.796. The Morgan fingerprint density at radius 3 is 2.46 bits per heavy atom. The molecule has 0 heterocycles. The maximum absolute atomic E-state index is 5.25. The normalized spacial score (nSPS) is 28.8. The van der Waals surface area contributed by atoms with E-state index < -0.39 is 0 Å². The zero-order valence-electron chi connectivity index (χ0n) is 8.92. The van der Waals surface area contributed by atoms with Gasteiger partial charge in [0.25, 0.3) is 0 Å². The summed E-state index contributed by atoms with van der Waals surface area (Å²) in [5.74, 6) is 3.65. The van der Waals surface area contributed by atoms with Crippen molar-refractivity contribution >= 4 is 0 Å². The number of rotatable bonds is 3. The molecule has 1 fully saturated rings. The molecule has 0 aromatic heterocycles. The molecule has 0 aromatic rings. The Hall–Kier alpha value is -0.480. The van der Waals surface area contributed by atoms with Gasteiger partial charge in [-0.1, -0.05) is 6.92 Å². The van der Waals surface area contributed by atoms with E-state index in [9.17, 15) is 0 Å². The van der Waals surface area contributed by atoms with Crippen LogP contribution in [-0.4, -0.2) is 24.5 Å². The molecule has 74 valence electrons. The van der Waals surface area contributed by atoms with Gasteiger partial charge in [0.1, 0.15) is 0 Å². The van der Waals surface area contributed by atoms with Crippen molar-refractivity contribution in [2.45, 2.75) is 45.1 Å². The van der Waals surface area contributed by atoms with E-state index in [1.54, 1.807) is 0 Å². The second kappa shape index (κ2) is 5.29. The maximum Gasteiger partial charge on any atom is 0.0214 e. The maximum atomic E-state index is 5.25. The predicted molar refractivity (Wildman–Crippen MR) is 57.5 cm³/mol. The van der Waals surface area contributed by atoms with Crippen LogP contribution in [0.3, 0.4) is 0 Å². The van der Waals surface area contributed by atoms with Crippen LogP contribution in [0.2, 0.25) is 0 Å². The van der Waals surface area contributed by atoms with Crippen LogP contribution in [0.25, 0.3) is 0 Å².